The molecule has 6 heteroatoms. The lowest BCUT2D eigenvalue weighted by atomic mass is 10.2. The summed E-state index contributed by atoms with van der Waals surface area (Å²) in [6.45, 7) is 2.27. The van der Waals surface area contributed by atoms with E-state index < -0.39 is 0 Å². The van der Waals surface area contributed by atoms with Gasteiger partial charge >= 0.3 is 0 Å². The fourth-order valence-corrected chi connectivity index (χ4v) is 3.03. The molecule has 0 aliphatic rings. The molecule has 0 saturated heterocycles. The molecular formula is C15H16Cl2N2OS. The van der Waals surface area contributed by atoms with E-state index in [1.54, 1.807) is 13.3 Å². The Bertz CT molecular complexity index is 596. The highest BCUT2D eigenvalue weighted by atomic mass is 35.5. The SMILES string of the molecule is COCCNCc1ccc(Sc2ncccc2Cl)c(Cl)c1. The van der Waals surface area contributed by atoms with Gasteiger partial charge in [0.15, 0.2) is 0 Å². The van der Waals surface area contributed by atoms with E-state index in [-0.39, 0.29) is 0 Å². The lowest BCUT2D eigenvalue weighted by molar-refractivity contribution is 0.199. The molecule has 0 bridgehead atoms. The van der Waals surface area contributed by atoms with E-state index in [4.69, 9.17) is 27.9 Å². The second-order valence-electron chi connectivity index (χ2n) is 4.33. The lowest BCUT2D eigenvalue weighted by Gasteiger charge is -2.08. The molecule has 0 aliphatic heterocycles. The fraction of sp³-hybridized carbons (Fsp3) is 0.267. The van der Waals surface area contributed by atoms with E-state index in [0.29, 0.717) is 16.7 Å². The van der Waals surface area contributed by atoms with Gasteiger partial charge in [-0.1, -0.05) is 41.0 Å². The predicted molar refractivity (Wildman–Crippen MR) is 88.4 cm³/mol. The smallest absolute Gasteiger partial charge is 0.119 e. The third-order valence-electron chi connectivity index (χ3n) is 2.74. The van der Waals surface area contributed by atoms with Gasteiger partial charge in [-0.25, -0.2) is 4.98 Å². The van der Waals surface area contributed by atoms with E-state index in [1.165, 1.54) is 11.8 Å². The molecular weight excluding hydrogens is 327 g/mol. The van der Waals surface area contributed by atoms with Crippen LogP contribution in [0.4, 0.5) is 0 Å². The van der Waals surface area contributed by atoms with Crippen LogP contribution in [0.2, 0.25) is 10.0 Å². The molecule has 1 heterocycles. The van der Waals surface area contributed by atoms with Crippen molar-refractivity contribution in [3.8, 4) is 0 Å². The molecule has 0 radical (unpaired) electrons. The van der Waals surface area contributed by atoms with Gasteiger partial charge in [-0.05, 0) is 29.8 Å². The highest BCUT2D eigenvalue weighted by Crippen LogP contribution is 2.35. The van der Waals surface area contributed by atoms with Gasteiger partial charge in [0.25, 0.3) is 0 Å². The standard InChI is InChI=1S/C15H16Cl2N2OS/c1-20-8-7-18-10-11-4-5-14(13(17)9-11)21-15-12(16)3-2-6-19-15/h2-6,9,18H,7-8,10H2,1H3. The highest BCUT2D eigenvalue weighted by molar-refractivity contribution is 7.99. The van der Waals surface area contributed by atoms with Crippen molar-refractivity contribution in [2.24, 2.45) is 0 Å². The Labute approximate surface area is 139 Å². The zero-order chi connectivity index (χ0) is 15.1. The summed E-state index contributed by atoms with van der Waals surface area (Å²) in [5.74, 6) is 0. The molecule has 2 aromatic rings. The molecule has 0 amide bonds. The Hall–Kier alpha value is -0.780. The van der Waals surface area contributed by atoms with Crippen LogP contribution in [0.25, 0.3) is 0 Å². The van der Waals surface area contributed by atoms with E-state index in [1.807, 2.05) is 30.3 Å². The number of nitrogens with zero attached hydrogens (tertiary/aromatic N) is 1. The van der Waals surface area contributed by atoms with Crippen LogP contribution in [0.5, 0.6) is 0 Å². The van der Waals surface area contributed by atoms with Gasteiger partial charge in [0.2, 0.25) is 0 Å². The van der Waals surface area contributed by atoms with Crippen molar-refractivity contribution >= 4 is 35.0 Å². The number of pyridine rings is 1. The maximum Gasteiger partial charge on any atom is 0.119 e. The molecule has 2 rings (SSSR count). The maximum atomic E-state index is 6.33. The second-order valence-corrected chi connectivity index (χ2v) is 6.17. The highest BCUT2D eigenvalue weighted by Gasteiger charge is 2.08. The molecule has 1 aromatic heterocycles. The molecule has 0 aliphatic carbocycles. The first-order chi connectivity index (χ1) is 10.2. The van der Waals surface area contributed by atoms with Gasteiger partial charge < -0.3 is 10.1 Å². The Morgan fingerprint density at radius 2 is 2.10 bits per heavy atom. The van der Waals surface area contributed by atoms with E-state index >= 15 is 0 Å². The van der Waals surface area contributed by atoms with E-state index in [9.17, 15) is 0 Å². The number of rotatable bonds is 7. The molecule has 0 spiro atoms. The van der Waals surface area contributed by atoms with Crippen LogP contribution in [-0.4, -0.2) is 25.2 Å². The van der Waals surface area contributed by atoms with Gasteiger partial charge in [-0.3, -0.25) is 0 Å². The summed E-state index contributed by atoms with van der Waals surface area (Å²) in [4.78, 5) is 5.20. The fourth-order valence-electron chi connectivity index (χ4n) is 1.69. The lowest BCUT2D eigenvalue weighted by Crippen LogP contribution is -2.18. The van der Waals surface area contributed by atoms with Gasteiger partial charge in [0, 0.05) is 31.3 Å². The van der Waals surface area contributed by atoms with Crippen molar-refractivity contribution in [1.29, 1.82) is 0 Å². The van der Waals surface area contributed by atoms with E-state index in [2.05, 4.69) is 10.3 Å². The summed E-state index contributed by atoms with van der Waals surface area (Å²) in [6, 6.07) is 9.62. The van der Waals surface area contributed by atoms with Crippen LogP contribution in [0, 0.1) is 0 Å². The van der Waals surface area contributed by atoms with Gasteiger partial charge in [-0.2, -0.15) is 0 Å². The minimum absolute atomic E-state index is 0.629. The number of aromatic nitrogens is 1. The maximum absolute atomic E-state index is 6.33. The molecule has 21 heavy (non-hydrogen) atoms. The largest absolute Gasteiger partial charge is 0.383 e. The molecule has 1 aromatic carbocycles. The second kappa shape index (κ2) is 8.61. The monoisotopic (exact) mass is 342 g/mol. The summed E-state index contributed by atoms with van der Waals surface area (Å²) in [5, 5.41) is 5.37. The number of benzene rings is 1. The number of hydrogen-bond acceptors (Lipinski definition) is 4. The zero-order valence-electron chi connectivity index (χ0n) is 11.6. The number of hydrogen-bond donors (Lipinski definition) is 1. The van der Waals surface area contributed by atoms with Crippen molar-refractivity contribution in [3.63, 3.8) is 0 Å². The molecule has 112 valence electrons. The summed E-state index contributed by atoms with van der Waals surface area (Å²) in [6.07, 6.45) is 1.72. The summed E-state index contributed by atoms with van der Waals surface area (Å²) < 4.78 is 4.99. The third-order valence-corrected chi connectivity index (χ3v) is 4.68. The van der Waals surface area contributed by atoms with Crippen LogP contribution >= 0.6 is 35.0 Å². The van der Waals surface area contributed by atoms with Gasteiger partial charge in [-0.15, -0.1) is 0 Å². The minimum Gasteiger partial charge on any atom is -0.383 e. The Morgan fingerprint density at radius 1 is 1.24 bits per heavy atom. The predicted octanol–water partition coefficient (Wildman–Crippen LogP) is 4.28. The van der Waals surface area contributed by atoms with Crippen LogP contribution in [0.15, 0.2) is 46.5 Å². The average molecular weight is 343 g/mol. The van der Waals surface area contributed by atoms with Crippen LogP contribution in [-0.2, 0) is 11.3 Å². The summed E-state index contributed by atoms with van der Waals surface area (Å²) in [5.41, 5.74) is 1.13. The quantitative estimate of drug-likeness (QED) is 0.761. The van der Waals surface area contributed by atoms with Gasteiger partial charge in [0.05, 0.1) is 16.7 Å². The van der Waals surface area contributed by atoms with E-state index in [0.717, 1.165) is 28.6 Å². The topological polar surface area (TPSA) is 34.1 Å². The summed E-state index contributed by atoms with van der Waals surface area (Å²) >= 11 is 13.9. The molecule has 0 saturated carbocycles. The van der Waals surface area contributed by atoms with Crippen molar-refractivity contribution in [1.82, 2.24) is 10.3 Å². The first-order valence-electron chi connectivity index (χ1n) is 6.47. The Morgan fingerprint density at radius 3 is 2.81 bits per heavy atom. The number of nitrogens with one attached hydrogen (secondary N) is 1. The molecule has 3 nitrogen and oxygen atoms in total. The van der Waals surface area contributed by atoms with Gasteiger partial charge in [0.1, 0.15) is 5.03 Å². The molecule has 0 unspecified atom stereocenters. The number of methoxy groups -OCH3 is 1. The van der Waals surface area contributed by atoms with Crippen LogP contribution < -0.4 is 5.32 Å². The van der Waals surface area contributed by atoms with Crippen molar-refractivity contribution in [3.05, 3.63) is 52.1 Å². The van der Waals surface area contributed by atoms with Crippen LogP contribution in [0.3, 0.4) is 0 Å². The number of ether oxygens (including phenoxy) is 1. The number of halogens is 2. The average Bonchev–Trinajstić information content (AvgIpc) is 2.48. The Balaban J connectivity index is 2.01. The van der Waals surface area contributed by atoms with Crippen molar-refractivity contribution in [2.75, 3.05) is 20.3 Å². The first kappa shape index (κ1) is 16.6. The zero-order valence-corrected chi connectivity index (χ0v) is 13.9. The van der Waals surface area contributed by atoms with Crippen molar-refractivity contribution in [2.45, 2.75) is 16.5 Å². The normalized spacial score (nSPS) is 10.8. The Kier molecular flexibility index (Phi) is 6.80. The van der Waals surface area contributed by atoms with Crippen LogP contribution in [0.1, 0.15) is 5.56 Å². The van der Waals surface area contributed by atoms with Crippen molar-refractivity contribution < 1.29 is 4.74 Å². The third kappa shape index (κ3) is 5.16. The first-order valence-corrected chi connectivity index (χ1v) is 8.04. The molecule has 0 atom stereocenters. The molecule has 0 fully saturated rings. The summed E-state index contributed by atoms with van der Waals surface area (Å²) in [7, 11) is 1.69. The molecule has 1 N–H and O–H groups in total. The minimum atomic E-state index is 0.629.